The molecule has 0 spiro atoms. The highest BCUT2D eigenvalue weighted by Gasteiger charge is 2.41. The molecule has 0 bridgehead atoms. The zero-order valence-corrected chi connectivity index (χ0v) is 15.2. The highest BCUT2D eigenvalue weighted by Crippen LogP contribution is 2.46. The Bertz CT molecular complexity index is 1390. The van der Waals surface area contributed by atoms with E-state index in [-0.39, 0.29) is 34.2 Å². The summed E-state index contributed by atoms with van der Waals surface area (Å²) >= 11 is 0. The van der Waals surface area contributed by atoms with Crippen LogP contribution in [0.4, 0.5) is 5.69 Å². The molecule has 2 N–H and O–H groups in total. The maximum absolute atomic E-state index is 13.3. The number of carbonyl (C=O) groups is 1. The highest BCUT2D eigenvalue weighted by atomic mass is 32.2. The molecule has 2 aromatic heterocycles. The monoisotopic (exact) mass is 398 g/mol. The molecule has 1 unspecified atom stereocenters. The van der Waals surface area contributed by atoms with Gasteiger partial charge in [0, 0.05) is 30.6 Å². The standard InChI is InChI=1S/C18H14N4O5S/c23-14-5-4-9-8-22(13-3-1-2-11(14)15(9)13)28(26,27)10-6-12-16(19-7-10)20-18(25)21-17(12)24/h1-3,6-7,9H,4-5,8H2,(H2,19,20,21,24,25). The minimum absolute atomic E-state index is 0.0122. The van der Waals surface area contributed by atoms with Gasteiger partial charge >= 0.3 is 5.69 Å². The molecule has 1 aliphatic carbocycles. The van der Waals surface area contributed by atoms with Crippen LogP contribution < -0.4 is 15.6 Å². The Balaban J connectivity index is 1.67. The zero-order chi connectivity index (χ0) is 19.6. The Kier molecular flexibility index (Phi) is 3.38. The molecule has 0 saturated heterocycles. The second-order valence-electron chi connectivity index (χ2n) is 6.91. The van der Waals surface area contributed by atoms with Gasteiger partial charge in [0.1, 0.15) is 10.5 Å². The molecular weight excluding hydrogens is 384 g/mol. The molecule has 5 rings (SSSR count). The SMILES string of the molecule is O=C1CCC2CN(S(=O)(=O)c3cnc4[nH]c(=O)[nH]c(=O)c4c3)c3cccc1c32. The van der Waals surface area contributed by atoms with Gasteiger partial charge in [0.25, 0.3) is 15.6 Å². The van der Waals surface area contributed by atoms with Gasteiger partial charge in [-0.2, -0.15) is 0 Å². The largest absolute Gasteiger partial charge is 0.327 e. The van der Waals surface area contributed by atoms with E-state index in [9.17, 15) is 22.8 Å². The lowest BCUT2D eigenvalue weighted by Crippen LogP contribution is -2.30. The van der Waals surface area contributed by atoms with Crippen LogP contribution in [0.15, 0.2) is 44.9 Å². The zero-order valence-electron chi connectivity index (χ0n) is 14.4. The van der Waals surface area contributed by atoms with Gasteiger partial charge in [-0.15, -0.1) is 0 Å². The first-order valence-electron chi connectivity index (χ1n) is 8.67. The molecule has 142 valence electrons. The second-order valence-corrected chi connectivity index (χ2v) is 8.77. The van der Waals surface area contributed by atoms with Gasteiger partial charge in [0.05, 0.1) is 11.1 Å². The fourth-order valence-corrected chi connectivity index (χ4v) is 5.53. The van der Waals surface area contributed by atoms with Gasteiger partial charge in [0.15, 0.2) is 5.78 Å². The second kappa shape index (κ2) is 5.61. The van der Waals surface area contributed by atoms with Crippen molar-refractivity contribution in [2.75, 3.05) is 10.8 Å². The summed E-state index contributed by atoms with van der Waals surface area (Å²) in [5.41, 5.74) is 0.431. The van der Waals surface area contributed by atoms with Gasteiger partial charge in [-0.05, 0) is 24.1 Å². The Morgan fingerprint density at radius 3 is 2.79 bits per heavy atom. The van der Waals surface area contributed by atoms with E-state index >= 15 is 0 Å². The van der Waals surface area contributed by atoms with Crippen molar-refractivity contribution in [1.82, 2.24) is 15.0 Å². The van der Waals surface area contributed by atoms with E-state index in [4.69, 9.17) is 0 Å². The Morgan fingerprint density at radius 1 is 1.14 bits per heavy atom. The van der Waals surface area contributed by atoms with Crippen molar-refractivity contribution < 1.29 is 13.2 Å². The number of fused-ring (bicyclic) bond motifs is 1. The van der Waals surface area contributed by atoms with Gasteiger partial charge in [-0.25, -0.2) is 18.2 Å². The van der Waals surface area contributed by atoms with Crippen LogP contribution in [0.3, 0.4) is 0 Å². The minimum atomic E-state index is -4.01. The predicted molar refractivity (Wildman–Crippen MR) is 100 cm³/mol. The number of nitrogens with one attached hydrogen (secondary N) is 2. The van der Waals surface area contributed by atoms with Crippen molar-refractivity contribution >= 4 is 32.5 Å². The molecular formula is C18H14N4O5S. The van der Waals surface area contributed by atoms with Gasteiger partial charge in [-0.3, -0.25) is 23.9 Å². The highest BCUT2D eigenvalue weighted by molar-refractivity contribution is 7.92. The molecule has 0 radical (unpaired) electrons. The third-order valence-electron chi connectivity index (χ3n) is 5.32. The lowest BCUT2D eigenvalue weighted by atomic mass is 9.83. The van der Waals surface area contributed by atoms with Crippen LogP contribution >= 0.6 is 0 Å². The number of nitrogens with zero attached hydrogens (tertiary/aromatic N) is 2. The minimum Gasteiger partial charge on any atom is -0.294 e. The normalized spacial score (nSPS) is 18.5. The molecule has 2 aliphatic rings. The fourth-order valence-electron chi connectivity index (χ4n) is 4.03. The van der Waals surface area contributed by atoms with Crippen LogP contribution in [0.25, 0.3) is 11.0 Å². The molecule has 0 saturated carbocycles. The summed E-state index contributed by atoms with van der Waals surface area (Å²) in [7, 11) is -4.01. The number of hydrogen-bond acceptors (Lipinski definition) is 6. The molecule has 1 atom stereocenters. The number of benzene rings is 1. The molecule has 0 amide bonds. The van der Waals surface area contributed by atoms with Crippen molar-refractivity contribution in [2.45, 2.75) is 23.7 Å². The van der Waals surface area contributed by atoms with E-state index in [2.05, 4.69) is 15.0 Å². The number of anilines is 1. The molecule has 3 aromatic rings. The molecule has 28 heavy (non-hydrogen) atoms. The molecule has 1 aromatic carbocycles. The molecule has 9 nitrogen and oxygen atoms in total. The van der Waals surface area contributed by atoms with E-state index in [0.717, 1.165) is 11.8 Å². The number of hydrogen-bond donors (Lipinski definition) is 2. The smallest absolute Gasteiger partial charge is 0.294 e. The molecule has 10 heteroatoms. The number of aromatic nitrogens is 3. The summed E-state index contributed by atoms with van der Waals surface area (Å²) < 4.78 is 27.9. The number of sulfonamides is 1. The van der Waals surface area contributed by atoms with Crippen molar-refractivity contribution in [3.8, 4) is 0 Å². The maximum atomic E-state index is 13.3. The third kappa shape index (κ3) is 2.27. The Labute approximate surface area is 158 Å². The van der Waals surface area contributed by atoms with E-state index in [1.54, 1.807) is 18.2 Å². The number of ketones is 1. The number of Topliss-reactive ketones (excluding diaryl/α,β-unsaturated/α-hetero) is 1. The topological polar surface area (TPSA) is 133 Å². The van der Waals surface area contributed by atoms with E-state index in [1.807, 2.05) is 0 Å². The Morgan fingerprint density at radius 2 is 1.96 bits per heavy atom. The van der Waals surface area contributed by atoms with Crippen LogP contribution in [0, 0.1) is 0 Å². The number of pyridine rings is 1. The molecule has 3 heterocycles. The van der Waals surface area contributed by atoms with Crippen molar-refractivity contribution in [2.24, 2.45) is 0 Å². The van der Waals surface area contributed by atoms with Crippen LogP contribution in [-0.2, 0) is 10.0 Å². The van der Waals surface area contributed by atoms with Gasteiger partial charge in [0.2, 0.25) is 0 Å². The first kappa shape index (κ1) is 16.9. The van der Waals surface area contributed by atoms with Crippen LogP contribution in [0.1, 0.15) is 34.7 Å². The lowest BCUT2D eigenvalue weighted by Gasteiger charge is -2.20. The summed E-state index contributed by atoms with van der Waals surface area (Å²) in [4.78, 5) is 43.8. The van der Waals surface area contributed by atoms with E-state index in [1.165, 1.54) is 10.4 Å². The van der Waals surface area contributed by atoms with E-state index < -0.39 is 21.3 Å². The summed E-state index contributed by atoms with van der Waals surface area (Å²) in [6, 6.07) is 6.30. The van der Waals surface area contributed by atoms with E-state index in [0.29, 0.717) is 24.1 Å². The fraction of sp³-hybridized carbons (Fsp3) is 0.222. The number of H-pyrrole nitrogens is 2. The van der Waals surface area contributed by atoms with Gasteiger partial charge < -0.3 is 0 Å². The third-order valence-corrected chi connectivity index (χ3v) is 7.07. The summed E-state index contributed by atoms with van der Waals surface area (Å²) in [6.07, 6.45) is 2.12. The van der Waals surface area contributed by atoms with Gasteiger partial charge in [-0.1, -0.05) is 12.1 Å². The number of carbonyl (C=O) groups excluding carboxylic acids is 1. The van der Waals surface area contributed by atoms with Crippen LogP contribution in [0.2, 0.25) is 0 Å². The summed E-state index contributed by atoms with van der Waals surface area (Å²) in [6.45, 7) is 0.238. The number of aromatic amines is 2. The predicted octanol–water partition coefficient (Wildman–Crippen LogP) is 0.880. The first-order valence-corrected chi connectivity index (χ1v) is 10.1. The average Bonchev–Trinajstić information content (AvgIpc) is 3.05. The van der Waals surface area contributed by atoms with Crippen molar-refractivity contribution in [3.05, 3.63) is 62.4 Å². The number of rotatable bonds is 2. The quantitative estimate of drug-likeness (QED) is 0.658. The van der Waals surface area contributed by atoms with Crippen LogP contribution in [-0.4, -0.2) is 35.7 Å². The average molecular weight is 398 g/mol. The first-order chi connectivity index (χ1) is 13.4. The molecule has 1 aliphatic heterocycles. The summed E-state index contributed by atoms with van der Waals surface area (Å²) in [5, 5.41) is -0.0232. The molecule has 0 fully saturated rings. The summed E-state index contributed by atoms with van der Waals surface area (Å²) in [5.74, 6) is -0.0120. The van der Waals surface area contributed by atoms with Crippen molar-refractivity contribution in [1.29, 1.82) is 0 Å². The maximum Gasteiger partial charge on any atom is 0.327 e. The Hall–Kier alpha value is -3.27. The van der Waals surface area contributed by atoms with Crippen LogP contribution in [0.5, 0.6) is 0 Å². The lowest BCUT2D eigenvalue weighted by molar-refractivity contribution is 0.0968. The van der Waals surface area contributed by atoms with Crippen molar-refractivity contribution in [3.63, 3.8) is 0 Å².